The van der Waals surface area contributed by atoms with Crippen LogP contribution in [0.15, 0.2) is 18.2 Å². The van der Waals surface area contributed by atoms with Crippen LogP contribution in [0.2, 0.25) is 5.02 Å². The summed E-state index contributed by atoms with van der Waals surface area (Å²) in [5, 5.41) is 9.34. The van der Waals surface area contributed by atoms with Crippen molar-refractivity contribution >= 4 is 11.6 Å². The summed E-state index contributed by atoms with van der Waals surface area (Å²) in [5.41, 5.74) is 4.34. The third-order valence-corrected chi connectivity index (χ3v) is 2.35. The van der Waals surface area contributed by atoms with Crippen LogP contribution in [-0.4, -0.2) is 5.21 Å². The second-order valence-corrected chi connectivity index (χ2v) is 3.37. The molecule has 0 unspecified atom stereocenters. The molecule has 0 aliphatic rings. The fourth-order valence-electron chi connectivity index (χ4n) is 1.38. The lowest BCUT2D eigenvalue weighted by Crippen LogP contribution is -2.09. The summed E-state index contributed by atoms with van der Waals surface area (Å²) in [4.78, 5) is 0. The molecule has 3 heteroatoms. The lowest BCUT2D eigenvalue weighted by molar-refractivity contribution is 0.161. The zero-order valence-corrected chi connectivity index (χ0v) is 8.43. The predicted molar refractivity (Wildman–Crippen MR) is 54.1 cm³/mol. The Labute approximate surface area is 83.5 Å². The third-order valence-electron chi connectivity index (χ3n) is 1.99. The molecule has 2 N–H and O–H groups in total. The van der Waals surface area contributed by atoms with Crippen molar-refractivity contribution < 1.29 is 5.21 Å². The second kappa shape index (κ2) is 5.22. The highest BCUT2D eigenvalue weighted by Crippen LogP contribution is 2.20. The molecule has 0 radical (unpaired) electrons. The lowest BCUT2D eigenvalue weighted by Gasteiger charge is -2.09. The Morgan fingerprint density at radius 3 is 2.85 bits per heavy atom. The number of hydrogen-bond donors (Lipinski definition) is 2. The Kier molecular flexibility index (Phi) is 4.22. The highest BCUT2D eigenvalue weighted by molar-refractivity contribution is 6.31. The van der Waals surface area contributed by atoms with Gasteiger partial charge in [0.1, 0.15) is 0 Å². The molecule has 1 aromatic carbocycles. The molecule has 0 heterocycles. The maximum absolute atomic E-state index is 8.63. The van der Waals surface area contributed by atoms with E-state index in [4.69, 9.17) is 16.8 Å². The first kappa shape index (κ1) is 10.5. The van der Waals surface area contributed by atoms with Gasteiger partial charge in [-0.15, -0.1) is 0 Å². The van der Waals surface area contributed by atoms with Crippen LogP contribution in [0.4, 0.5) is 0 Å². The molecule has 72 valence electrons. The maximum Gasteiger partial charge on any atom is 0.0475 e. The Hall–Kier alpha value is -0.570. The molecule has 1 rings (SSSR count). The van der Waals surface area contributed by atoms with E-state index >= 15 is 0 Å². The molecule has 0 atom stereocenters. The van der Waals surface area contributed by atoms with Gasteiger partial charge in [-0.3, -0.25) is 0 Å². The van der Waals surface area contributed by atoms with Gasteiger partial charge >= 0.3 is 0 Å². The van der Waals surface area contributed by atoms with Gasteiger partial charge in [-0.1, -0.05) is 37.1 Å². The van der Waals surface area contributed by atoms with Gasteiger partial charge < -0.3 is 5.21 Å². The van der Waals surface area contributed by atoms with Gasteiger partial charge in [-0.25, -0.2) is 5.48 Å². The van der Waals surface area contributed by atoms with Crippen molar-refractivity contribution in [3.8, 4) is 0 Å². The van der Waals surface area contributed by atoms with E-state index in [9.17, 15) is 0 Å². The summed E-state index contributed by atoms with van der Waals surface area (Å²) in [6.07, 6.45) is 2.08. The van der Waals surface area contributed by atoms with Gasteiger partial charge in [-0.2, -0.15) is 0 Å². The summed E-state index contributed by atoms with van der Waals surface area (Å²) < 4.78 is 0. The van der Waals surface area contributed by atoms with Gasteiger partial charge in [0.05, 0.1) is 0 Å². The summed E-state index contributed by atoms with van der Waals surface area (Å²) >= 11 is 5.99. The molecule has 0 saturated heterocycles. The monoisotopic (exact) mass is 199 g/mol. The summed E-state index contributed by atoms with van der Waals surface area (Å²) in [5.74, 6) is 0. The molecule has 0 aliphatic heterocycles. The van der Waals surface area contributed by atoms with Crippen LogP contribution in [0.1, 0.15) is 24.5 Å². The van der Waals surface area contributed by atoms with Gasteiger partial charge in [-0.05, 0) is 23.6 Å². The first-order valence-corrected chi connectivity index (χ1v) is 4.80. The fourth-order valence-corrected chi connectivity index (χ4v) is 1.64. The van der Waals surface area contributed by atoms with Crippen LogP contribution < -0.4 is 5.48 Å². The van der Waals surface area contributed by atoms with E-state index in [1.807, 2.05) is 18.2 Å². The summed E-state index contributed by atoms with van der Waals surface area (Å²) in [6.45, 7) is 2.53. The minimum Gasteiger partial charge on any atom is -0.316 e. The molecule has 2 nitrogen and oxygen atoms in total. The van der Waals surface area contributed by atoms with Crippen molar-refractivity contribution in [3.05, 3.63) is 34.3 Å². The number of nitrogens with one attached hydrogen (secondary N) is 1. The number of benzene rings is 1. The molecule has 0 bridgehead atoms. The largest absolute Gasteiger partial charge is 0.316 e. The minimum absolute atomic E-state index is 0.412. The number of rotatable bonds is 4. The minimum atomic E-state index is 0.412. The van der Waals surface area contributed by atoms with Crippen LogP contribution in [0.3, 0.4) is 0 Å². The summed E-state index contributed by atoms with van der Waals surface area (Å²) in [6, 6.07) is 5.82. The first-order valence-electron chi connectivity index (χ1n) is 4.42. The first-order chi connectivity index (χ1) is 6.29. The lowest BCUT2D eigenvalue weighted by atomic mass is 10.0. The van der Waals surface area contributed by atoms with E-state index in [2.05, 4.69) is 12.4 Å². The quantitative estimate of drug-likeness (QED) is 0.731. The van der Waals surface area contributed by atoms with E-state index in [0.29, 0.717) is 11.6 Å². The molecular formula is C10H14ClNO. The molecule has 0 fully saturated rings. The normalized spacial score (nSPS) is 10.4. The van der Waals surface area contributed by atoms with Crippen LogP contribution in [0.25, 0.3) is 0 Å². The smallest absolute Gasteiger partial charge is 0.0475 e. The molecule has 0 spiro atoms. The molecular weight excluding hydrogens is 186 g/mol. The van der Waals surface area contributed by atoms with Crippen molar-refractivity contribution in [2.24, 2.45) is 0 Å². The molecule has 0 aromatic heterocycles. The number of hydroxylamine groups is 1. The molecule has 0 amide bonds. The van der Waals surface area contributed by atoms with E-state index in [-0.39, 0.29) is 0 Å². The fraction of sp³-hybridized carbons (Fsp3) is 0.400. The Balaban J connectivity index is 2.95. The molecule has 0 saturated carbocycles. The average molecular weight is 200 g/mol. The van der Waals surface area contributed by atoms with Crippen molar-refractivity contribution in [3.63, 3.8) is 0 Å². The van der Waals surface area contributed by atoms with Crippen LogP contribution in [-0.2, 0) is 13.0 Å². The Bertz CT molecular complexity index is 276. The Morgan fingerprint density at radius 2 is 2.23 bits per heavy atom. The van der Waals surface area contributed by atoms with Crippen molar-refractivity contribution in [1.29, 1.82) is 0 Å². The van der Waals surface area contributed by atoms with E-state index < -0.39 is 0 Å². The number of halogens is 1. The summed E-state index contributed by atoms with van der Waals surface area (Å²) in [7, 11) is 0. The highest BCUT2D eigenvalue weighted by atomic mass is 35.5. The van der Waals surface area contributed by atoms with Gasteiger partial charge in [0.2, 0.25) is 0 Å². The second-order valence-electron chi connectivity index (χ2n) is 2.96. The van der Waals surface area contributed by atoms with Crippen LogP contribution in [0.5, 0.6) is 0 Å². The van der Waals surface area contributed by atoms with Gasteiger partial charge in [0.15, 0.2) is 0 Å². The molecule has 1 aromatic rings. The number of aryl methyl sites for hydroxylation is 1. The standard InChI is InChI=1S/C10H14ClNO/c1-2-4-8-5-3-6-10(11)9(8)7-12-13/h3,5-6,12-13H,2,4,7H2,1H3. The van der Waals surface area contributed by atoms with E-state index in [0.717, 1.165) is 18.4 Å². The van der Waals surface area contributed by atoms with E-state index in [1.165, 1.54) is 5.56 Å². The van der Waals surface area contributed by atoms with Crippen molar-refractivity contribution in [2.75, 3.05) is 0 Å². The molecule has 0 aliphatic carbocycles. The van der Waals surface area contributed by atoms with Crippen LogP contribution in [0, 0.1) is 0 Å². The van der Waals surface area contributed by atoms with Crippen molar-refractivity contribution in [1.82, 2.24) is 5.48 Å². The maximum atomic E-state index is 8.63. The average Bonchev–Trinajstić information content (AvgIpc) is 2.11. The predicted octanol–water partition coefficient (Wildman–Crippen LogP) is 2.77. The van der Waals surface area contributed by atoms with Gasteiger partial charge in [0, 0.05) is 11.6 Å². The number of hydrogen-bond acceptors (Lipinski definition) is 2. The van der Waals surface area contributed by atoms with Gasteiger partial charge in [0.25, 0.3) is 0 Å². The third kappa shape index (κ3) is 2.69. The topological polar surface area (TPSA) is 32.3 Å². The SMILES string of the molecule is CCCc1cccc(Cl)c1CNO. The zero-order valence-electron chi connectivity index (χ0n) is 7.68. The molecule has 13 heavy (non-hydrogen) atoms. The van der Waals surface area contributed by atoms with Crippen molar-refractivity contribution in [2.45, 2.75) is 26.3 Å². The highest BCUT2D eigenvalue weighted by Gasteiger charge is 2.04. The van der Waals surface area contributed by atoms with E-state index in [1.54, 1.807) is 0 Å². The Morgan fingerprint density at radius 1 is 1.46 bits per heavy atom. The zero-order chi connectivity index (χ0) is 9.68. The van der Waals surface area contributed by atoms with Crippen LogP contribution >= 0.6 is 11.6 Å².